The van der Waals surface area contributed by atoms with Gasteiger partial charge in [0.25, 0.3) is 0 Å². The molecular formula is C12H15NO4S. The van der Waals surface area contributed by atoms with E-state index in [0.717, 1.165) is 6.26 Å². The van der Waals surface area contributed by atoms with Crippen LogP contribution in [0.25, 0.3) is 6.08 Å². The number of esters is 1. The smallest absolute Gasteiger partial charge is 0.330 e. The fraction of sp³-hybridized carbons (Fsp3) is 0.250. The average Bonchev–Trinajstić information content (AvgIpc) is 2.26. The Morgan fingerprint density at radius 3 is 2.67 bits per heavy atom. The lowest BCUT2D eigenvalue weighted by molar-refractivity contribution is -0.137. The lowest BCUT2D eigenvalue weighted by atomic mass is 10.2. The van der Waals surface area contributed by atoms with Crippen molar-refractivity contribution in [2.24, 2.45) is 0 Å². The van der Waals surface area contributed by atoms with Crippen molar-refractivity contribution in [3.05, 3.63) is 35.9 Å². The summed E-state index contributed by atoms with van der Waals surface area (Å²) in [5, 5.41) is 0. The van der Waals surface area contributed by atoms with Gasteiger partial charge in [-0.2, -0.15) is 0 Å². The van der Waals surface area contributed by atoms with Crippen LogP contribution < -0.4 is 4.72 Å². The third kappa shape index (κ3) is 5.01. The summed E-state index contributed by atoms with van der Waals surface area (Å²) >= 11 is 0. The van der Waals surface area contributed by atoms with Gasteiger partial charge in [0.2, 0.25) is 10.0 Å². The highest BCUT2D eigenvalue weighted by Gasteiger charge is 2.05. The summed E-state index contributed by atoms with van der Waals surface area (Å²) in [5.74, 6) is -0.466. The number of sulfonamides is 1. The number of ether oxygens (including phenoxy) is 1. The van der Waals surface area contributed by atoms with Crippen molar-refractivity contribution in [2.75, 3.05) is 17.6 Å². The summed E-state index contributed by atoms with van der Waals surface area (Å²) in [7, 11) is -3.35. The van der Waals surface area contributed by atoms with Crippen molar-refractivity contribution in [3.63, 3.8) is 0 Å². The zero-order chi connectivity index (χ0) is 13.6. The summed E-state index contributed by atoms with van der Waals surface area (Å²) < 4.78 is 29.4. The predicted octanol–water partition coefficient (Wildman–Crippen LogP) is 1.63. The second-order valence-corrected chi connectivity index (χ2v) is 5.30. The summed E-state index contributed by atoms with van der Waals surface area (Å²) in [6.45, 7) is 2.01. The molecule has 18 heavy (non-hydrogen) atoms. The van der Waals surface area contributed by atoms with Gasteiger partial charge in [-0.05, 0) is 24.6 Å². The molecule has 0 heterocycles. The predicted molar refractivity (Wildman–Crippen MR) is 70.6 cm³/mol. The number of carbonyl (C=O) groups excluding carboxylic acids is 1. The van der Waals surface area contributed by atoms with E-state index in [9.17, 15) is 13.2 Å². The molecule has 0 fully saturated rings. The Bertz CT molecular complexity index is 549. The monoisotopic (exact) mass is 269 g/mol. The van der Waals surface area contributed by atoms with Crippen LogP contribution >= 0.6 is 0 Å². The van der Waals surface area contributed by atoms with Crippen molar-refractivity contribution in [3.8, 4) is 0 Å². The SMILES string of the molecule is CCOC(=O)C=Cc1ccccc1NS(C)(=O)=O. The molecule has 0 atom stereocenters. The summed E-state index contributed by atoms with van der Waals surface area (Å²) in [6, 6.07) is 6.77. The van der Waals surface area contributed by atoms with Gasteiger partial charge >= 0.3 is 5.97 Å². The fourth-order valence-electron chi connectivity index (χ4n) is 1.28. The van der Waals surface area contributed by atoms with E-state index in [-0.39, 0.29) is 0 Å². The van der Waals surface area contributed by atoms with E-state index in [1.807, 2.05) is 0 Å². The second-order valence-electron chi connectivity index (χ2n) is 3.55. The van der Waals surface area contributed by atoms with Crippen LogP contribution in [0.4, 0.5) is 5.69 Å². The Morgan fingerprint density at radius 1 is 1.39 bits per heavy atom. The molecule has 0 amide bonds. The molecule has 0 aliphatic carbocycles. The van der Waals surface area contributed by atoms with E-state index < -0.39 is 16.0 Å². The highest BCUT2D eigenvalue weighted by Crippen LogP contribution is 2.17. The van der Waals surface area contributed by atoms with Crippen molar-refractivity contribution >= 4 is 27.8 Å². The van der Waals surface area contributed by atoms with Crippen LogP contribution in [0.2, 0.25) is 0 Å². The highest BCUT2D eigenvalue weighted by atomic mass is 32.2. The number of hydrogen-bond acceptors (Lipinski definition) is 4. The maximum absolute atomic E-state index is 11.2. The summed E-state index contributed by atoms with van der Waals surface area (Å²) in [5.41, 5.74) is 1.01. The van der Waals surface area contributed by atoms with Crippen LogP contribution in [-0.4, -0.2) is 27.2 Å². The van der Waals surface area contributed by atoms with Crippen molar-refractivity contribution in [1.29, 1.82) is 0 Å². The molecule has 1 aromatic rings. The van der Waals surface area contributed by atoms with Gasteiger partial charge in [-0.25, -0.2) is 13.2 Å². The van der Waals surface area contributed by atoms with Crippen LogP contribution in [-0.2, 0) is 19.6 Å². The first-order valence-electron chi connectivity index (χ1n) is 5.34. The Labute approximate surface area is 107 Å². The molecule has 5 nitrogen and oxygen atoms in total. The molecule has 98 valence electrons. The molecule has 0 saturated heterocycles. The van der Waals surface area contributed by atoms with Gasteiger partial charge in [0, 0.05) is 6.08 Å². The van der Waals surface area contributed by atoms with E-state index in [2.05, 4.69) is 4.72 Å². The van der Waals surface area contributed by atoms with E-state index in [4.69, 9.17) is 4.74 Å². The van der Waals surface area contributed by atoms with Crippen LogP contribution in [0.3, 0.4) is 0 Å². The molecule has 1 aromatic carbocycles. The number of para-hydroxylation sites is 1. The first-order chi connectivity index (χ1) is 8.42. The van der Waals surface area contributed by atoms with Crippen LogP contribution in [0.5, 0.6) is 0 Å². The molecule has 0 aliphatic heterocycles. The molecule has 0 aromatic heterocycles. The second kappa shape index (κ2) is 6.20. The molecule has 1 N–H and O–H groups in total. The number of nitrogens with one attached hydrogen (secondary N) is 1. The highest BCUT2D eigenvalue weighted by molar-refractivity contribution is 7.92. The Kier molecular flexibility index (Phi) is 4.91. The third-order valence-corrected chi connectivity index (χ3v) is 2.53. The first kappa shape index (κ1) is 14.2. The normalized spacial score (nSPS) is 11.4. The largest absolute Gasteiger partial charge is 0.463 e. The Morgan fingerprint density at radius 2 is 2.06 bits per heavy atom. The molecule has 0 bridgehead atoms. The van der Waals surface area contributed by atoms with Crippen LogP contribution in [0, 0.1) is 0 Å². The standard InChI is InChI=1S/C12H15NO4S/c1-3-17-12(14)9-8-10-6-4-5-7-11(10)13-18(2,15)16/h4-9,13H,3H2,1-2H3. The molecule has 0 radical (unpaired) electrons. The number of carbonyl (C=O) groups is 1. The molecule has 0 aliphatic rings. The van der Waals surface area contributed by atoms with E-state index in [1.165, 1.54) is 12.2 Å². The number of benzene rings is 1. The molecule has 1 rings (SSSR count). The van der Waals surface area contributed by atoms with Gasteiger partial charge in [-0.15, -0.1) is 0 Å². The van der Waals surface area contributed by atoms with E-state index in [1.54, 1.807) is 31.2 Å². The Balaban J connectivity index is 2.92. The molecule has 0 unspecified atom stereocenters. The molecule has 6 heteroatoms. The molecule has 0 spiro atoms. The molecule has 0 saturated carbocycles. The van der Waals surface area contributed by atoms with Gasteiger partial charge in [0.1, 0.15) is 0 Å². The van der Waals surface area contributed by atoms with Crippen molar-refractivity contribution in [2.45, 2.75) is 6.92 Å². The maximum atomic E-state index is 11.2. The number of hydrogen-bond donors (Lipinski definition) is 1. The summed E-state index contributed by atoms with van der Waals surface area (Å²) in [6.07, 6.45) is 3.83. The molecular weight excluding hydrogens is 254 g/mol. The van der Waals surface area contributed by atoms with Crippen LogP contribution in [0.15, 0.2) is 30.3 Å². The Hall–Kier alpha value is -1.82. The van der Waals surface area contributed by atoms with Gasteiger partial charge in [0.15, 0.2) is 0 Å². The van der Waals surface area contributed by atoms with Gasteiger partial charge in [-0.1, -0.05) is 18.2 Å². The van der Waals surface area contributed by atoms with Gasteiger partial charge < -0.3 is 4.74 Å². The number of anilines is 1. The van der Waals surface area contributed by atoms with E-state index >= 15 is 0 Å². The lowest BCUT2D eigenvalue weighted by Crippen LogP contribution is -2.10. The lowest BCUT2D eigenvalue weighted by Gasteiger charge is -2.07. The van der Waals surface area contributed by atoms with Gasteiger partial charge in [0.05, 0.1) is 18.6 Å². The third-order valence-electron chi connectivity index (χ3n) is 1.94. The topological polar surface area (TPSA) is 72.5 Å². The fourth-order valence-corrected chi connectivity index (χ4v) is 1.87. The number of rotatable bonds is 5. The van der Waals surface area contributed by atoms with Crippen LogP contribution in [0.1, 0.15) is 12.5 Å². The first-order valence-corrected chi connectivity index (χ1v) is 7.23. The minimum absolute atomic E-state index is 0.298. The minimum Gasteiger partial charge on any atom is -0.463 e. The minimum atomic E-state index is -3.35. The maximum Gasteiger partial charge on any atom is 0.330 e. The van der Waals surface area contributed by atoms with Crippen molar-refractivity contribution < 1.29 is 17.9 Å². The van der Waals surface area contributed by atoms with Gasteiger partial charge in [-0.3, -0.25) is 4.72 Å². The zero-order valence-electron chi connectivity index (χ0n) is 10.2. The summed E-state index contributed by atoms with van der Waals surface area (Å²) in [4.78, 5) is 11.2. The zero-order valence-corrected chi connectivity index (χ0v) is 11.0. The quantitative estimate of drug-likeness (QED) is 0.651. The average molecular weight is 269 g/mol. The van der Waals surface area contributed by atoms with Crippen molar-refractivity contribution in [1.82, 2.24) is 0 Å². The van der Waals surface area contributed by atoms with E-state index in [0.29, 0.717) is 17.9 Å².